The van der Waals surface area contributed by atoms with E-state index in [1.807, 2.05) is 6.08 Å². The molecule has 1 heteroatoms. The summed E-state index contributed by atoms with van der Waals surface area (Å²) < 4.78 is 0. The van der Waals surface area contributed by atoms with Gasteiger partial charge in [0.2, 0.25) is 0 Å². The molecule has 0 saturated carbocycles. The van der Waals surface area contributed by atoms with E-state index in [2.05, 4.69) is 89.5 Å². The fraction of sp³-hybridized carbons (Fsp3) is 0.130. The number of hydrogen-bond acceptors (Lipinski definition) is 0. The first-order valence-electron chi connectivity index (χ1n) is 8.34. The lowest BCUT2D eigenvalue weighted by Crippen LogP contribution is -1.97. The summed E-state index contributed by atoms with van der Waals surface area (Å²) in [6.45, 7) is 5.90. The Morgan fingerprint density at radius 2 is 1.46 bits per heavy atom. The Kier molecular flexibility index (Phi) is 5.28. The summed E-state index contributed by atoms with van der Waals surface area (Å²) in [5.74, 6) is 0. The minimum Gasteiger partial charge on any atom is -0.105 e. The smallest absolute Gasteiger partial charge is 0.0112 e. The van der Waals surface area contributed by atoms with Crippen LogP contribution in [-0.2, 0) is 6.42 Å². The molecular weight excluding hydrogens is 307 g/mol. The largest absolute Gasteiger partial charge is 0.105 e. The molecule has 1 unspecified atom stereocenters. The minimum atomic E-state index is 1.03. The van der Waals surface area contributed by atoms with Crippen molar-refractivity contribution in [3.63, 3.8) is 0 Å². The number of allylic oxidation sites excluding steroid dienone is 1. The predicted octanol–water partition coefficient (Wildman–Crippen LogP) is 5.95. The lowest BCUT2D eigenvalue weighted by Gasteiger charge is -2.10. The zero-order chi connectivity index (χ0) is 16.9. The molecule has 1 atom stereocenters. The van der Waals surface area contributed by atoms with Gasteiger partial charge in [0.1, 0.15) is 0 Å². The summed E-state index contributed by atoms with van der Waals surface area (Å²) in [6.07, 6.45) is 4.06. The predicted molar refractivity (Wildman–Crippen MR) is 110 cm³/mol. The molecule has 120 valence electrons. The van der Waals surface area contributed by atoms with Crippen LogP contribution >= 0.6 is 9.24 Å². The highest BCUT2D eigenvalue weighted by molar-refractivity contribution is 7.28. The molecule has 0 aromatic heterocycles. The van der Waals surface area contributed by atoms with Crippen molar-refractivity contribution in [1.82, 2.24) is 0 Å². The van der Waals surface area contributed by atoms with Gasteiger partial charge in [-0.2, -0.15) is 0 Å². The molecule has 0 aliphatic carbocycles. The van der Waals surface area contributed by atoms with Crippen molar-refractivity contribution in [2.75, 3.05) is 0 Å². The molecule has 3 aromatic rings. The van der Waals surface area contributed by atoms with Crippen molar-refractivity contribution < 1.29 is 0 Å². The van der Waals surface area contributed by atoms with Crippen LogP contribution in [0.2, 0.25) is 0 Å². The van der Waals surface area contributed by atoms with Crippen molar-refractivity contribution in [3.8, 4) is 22.3 Å². The third kappa shape index (κ3) is 3.83. The molecule has 0 radical (unpaired) electrons. The third-order valence-corrected chi connectivity index (χ3v) is 4.82. The van der Waals surface area contributed by atoms with Gasteiger partial charge in [0.05, 0.1) is 0 Å². The molecule has 0 bridgehead atoms. The van der Waals surface area contributed by atoms with Crippen LogP contribution in [0.1, 0.15) is 17.5 Å². The summed E-state index contributed by atoms with van der Waals surface area (Å²) in [7, 11) is 2.88. The molecule has 0 spiro atoms. The van der Waals surface area contributed by atoms with E-state index in [1.165, 1.54) is 38.7 Å². The second-order valence-electron chi connectivity index (χ2n) is 6.19. The number of hydrogen-bond donors (Lipinski definition) is 0. The molecule has 0 fully saturated rings. The second-order valence-corrected chi connectivity index (χ2v) is 6.81. The highest BCUT2D eigenvalue weighted by atomic mass is 31.0. The number of rotatable bonds is 5. The summed E-state index contributed by atoms with van der Waals surface area (Å²) in [6, 6.07) is 24.2. The van der Waals surface area contributed by atoms with Crippen LogP contribution in [0, 0.1) is 6.92 Å². The van der Waals surface area contributed by atoms with Crippen LogP contribution in [0.15, 0.2) is 79.4 Å². The SMILES string of the molecule is C=CCCc1ccc(-c2ccc(-c3ccc(C)cc3)c(P)c2)cc1. The van der Waals surface area contributed by atoms with Gasteiger partial charge in [0.15, 0.2) is 0 Å². The van der Waals surface area contributed by atoms with Gasteiger partial charge < -0.3 is 0 Å². The average molecular weight is 330 g/mol. The lowest BCUT2D eigenvalue weighted by molar-refractivity contribution is 1.00. The van der Waals surface area contributed by atoms with Gasteiger partial charge >= 0.3 is 0 Å². The summed E-state index contributed by atoms with van der Waals surface area (Å²) >= 11 is 0. The van der Waals surface area contributed by atoms with E-state index < -0.39 is 0 Å². The van der Waals surface area contributed by atoms with Gasteiger partial charge in [-0.3, -0.25) is 0 Å². The van der Waals surface area contributed by atoms with Crippen LogP contribution in [-0.4, -0.2) is 0 Å². The van der Waals surface area contributed by atoms with Crippen molar-refractivity contribution in [2.45, 2.75) is 19.8 Å². The van der Waals surface area contributed by atoms with Gasteiger partial charge in [-0.05, 0) is 59.0 Å². The van der Waals surface area contributed by atoms with Crippen molar-refractivity contribution >= 4 is 14.5 Å². The van der Waals surface area contributed by atoms with E-state index in [9.17, 15) is 0 Å². The molecule has 0 saturated heterocycles. The summed E-state index contributed by atoms with van der Waals surface area (Å²) in [4.78, 5) is 0. The molecule has 0 heterocycles. The topological polar surface area (TPSA) is 0 Å². The normalized spacial score (nSPS) is 10.6. The Morgan fingerprint density at radius 1 is 0.833 bits per heavy atom. The summed E-state index contributed by atoms with van der Waals surface area (Å²) in [5, 5.41) is 1.23. The molecule has 0 nitrogen and oxygen atoms in total. The van der Waals surface area contributed by atoms with Gasteiger partial charge in [0, 0.05) is 0 Å². The summed E-state index contributed by atoms with van der Waals surface area (Å²) in [5.41, 5.74) is 7.70. The Bertz CT molecular complexity index is 827. The molecule has 0 aliphatic heterocycles. The van der Waals surface area contributed by atoms with Crippen LogP contribution in [0.3, 0.4) is 0 Å². The van der Waals surface area contributed by atoms with Crippen LogP contribution in [0.5, 0.6) is 0 Å². The zero-order valence-corrected chi connectivity index (χ0v) is 15.3. The van der Waals surface area contributed by atoms with E-state index in [-0.39, 0.29) is 0 Å². The maximum Gasteiger partial charge on any atom is -0.0112 e. The van der Waals surface area contributed by atoms with Crippen molar-refractivity contribution in [1.29, 1.82) is 0 Å². The fourth-order valence-corrected chi connectivity index (χ4v) is 3.31. The lowest BCUT2D eigenvalue weighted by atomic mass is 9.98. The van der Waals surface area contributed by atoms with Gasteiger partial charge in [-0.25, -0.2) is 0 Å². The Balaban J connectivity index is 1.86. The van der Waals surface area contributed by atoms with Crippen LogP contribution in [0.4, 0.5) is 0 Å². The van der Waals surface area contributed by atoms with Gasteiger partial charge in [0.25, 0.3) is 0 Å². The molecular formula is C23H23P. The first-order chi connectivity index (χ1) is 11.7. The quantitative estimate of drug-likeness (QED) is 0.401. The van der Waals surface area contributed by atoms with E-state index in [0.29, 0.717) is 0 Å². The van der Waals surface area contributed by atoms with E-state index in [1.54, 1.807) is 0 Å². The Hall–Kier alpha value is -2.17. The van der Waals surface area contributed by atoms with Gasteiger partial charge in [-0.15, -0.1) is 15.8 Å². The maximum absolute atomic E-state index is 3.79. The zero-order valence-electron chi connectivity index (χ0n) is 14.1. The number of benzene rings is 3. The van der Waals surface area contributed by atoms with E-state index in [0.717, 1.165) is 12.8 Å². The highest BCUT2D eigenvalue weighted by Crippen LogP contribution is 2.25. The molecule has 0 N–H and O–H groups in total. The monoisotopic (exact) mass is 330 g/mol. The standard InChI is InChI=1S/C23H23P/c1-3-4-5-18-8-12-19(13-9-18)21-14-15-22(23(24)16-21)20-10-6-17(2)7-11-20/h3,6-16H,1,4-5,24H2,2H3. The van der Waals surface area contributed by atoms with Gasteiger partial charge in [-0.1, -0.05) is 72.3 Å². The molecule has 0 amide bonds. The van der Waals surface area contributed by atoms with E-state index >= 15 is 0 Å². The van der Waals surface area contributed by atoms with Crippen molar-refractivity contribution in [2.24, 2.45) is 0 Å². The average Bonchev–Trinajstić information content (AvgIpc) is 2.61. The third-order valence-electron chi connectivity index (χ3n) is 4.34. The maximum atomic E-state index is 3.79. The first-order valence-corrected chi connectivity index (χ1v) is 8.92. The minimum absolute atomic E-state index is 1.03. The first kappa shape index (κ1) is 16.7. The van der Waals surface area contributed by atoms with Crippen molar-refractivity contribution in [3.05, 3.63) is 90.5 Å². The Morgan fingerprint density at radius 3 is 2.08 bits per heavy atom. The molecule has 24 heavy (non-hydrogen) atoms. The fourth-order valence-electron chi connectivity index (χ4n) is 2.87. The molecule has 3 aromatic carbocycles. The second kappa shape index (κ2) is 7.60. The Labute approximate surface area is 147 Å². The van der Waals surface area contributed by atoms with E-state index in [4.69, 9.17) is 0 Å². The molecule has 3 rings (SSSR count). The number of aryl methyl sites for hydroxylation is 2. The van der Waals surface area contributed by atoms with Crippen LogP contribution < -0.4 is 5.30 Å². The van der Waals surface area contributed by atoms with Crippen LogP contribution in [0.25, 0.3) is 22.3 Å². The molecule has 0 aliphatic rings. The highest BCUT2D eigenvalue weighted by Gasteiger charge is 2.05.